The largest absolute Gasteiger partial charge is 0.304 e. The Morgan fingerprint density at radius 3 is 1.62 bits per heavy atom. The third-order valence-electron chi connectivity index (χ3n) is 0.575. The van der Waals surface area contributed by atoms with Gasteiger partial charge in [-0.1, -0.05) is 0 Å². The molecule has 0 aromatic heterocycles. The molecule has 1 N–H and O–H groups in total. The molecule has 1 atom stereocenters. The predicted octanol–water partition coefficient (Wildman–Crippen LogP) is 1.68. The summed E-state index contributed by atoms with van der Waals surface area (Å²) in [5.41, 5.74) is 0. The van der Waals surface area contributed by atoms with Crippen molar-refractivity contribution in [2.75, 3.05) is 0 Å². The van der Waals surface area contributed by atoms with Gasteiger partial charge < -0.3 is 5.32 Å². The third-order valence-corrected chi connectivity index (χ3v) is 0.724. The van der Waals surface area contributed by atoms with Crippen LogP contribution in [0.1, 0.15) is 20.8 Å². The maximum absolute atomic E-state index is 4.13. The molecule has 0 aliphatic heterocycles. The first-order valence-electron chi connectivity index (χ1n) is 2.57. The highest BCUT2D eigenvalue weighted by Crippen LogP contribution is 1.87. The van der Waals surface area contributed by atoms with Crippen molar-refractivity contribution < 1.29 is 0 Å². The van der Waals surface area contributed by atoms with Gasteiger partial charge in [0.2, 0.25) is 0 Å². The van der Waals surface area contributed by atoms with Crippen LogP contribution in [0.5, 0.6) is 0 Å². The van der Waals surface area contributed by atoms with E-state index in [4.69, 9.17) is 0 Å². The molecule has 0 amide bonds. The lowest BCUT2D eigenvalue weighted by Gasteiger charge is -2.09. The highest BCUT2D eigenvalue weighted by molar-refractivity contribution is 7.80. The van der Waals surface area contributed by atoms with Crippen LogP contribution < -0.4 is 5.32 Å². The van der Waals surface area contributed by atoms with Crippen LogP contribution in [0.2, 0.25) is 0 Å². The molecule has 52 valence electrons. The summed E-state index contributed by atoms with van der Waals surface area (Å²) in [6.45, 7) is 6.22. The van der Waals surface area contributed by atoms with Crippen molar-refractivity contribution in [1.29, 1.82) is 0 Å². The van der Waals surface area contributed by atoms with Crippen molar-refractivity contribution in [2.45, 2.75) is 32.2 Å². The van der Waals surface area contributed by atoms with Crippen molar-refractivity contribution >= 4 is 25.0 Å². The minimum atomic E-state index is 0. The second kappa shape index (κ2) is 5.73. The van der Waals surface area contributed by atoms with Gasteiger partial charge >= 0.3 is 0 Å². The van der Waals surface area contributed by atoms with Gasteiger partial charge in [0.1, 0.15) is 0 Å². The molecule has 0 heterocycles. The van der Waals surface area contributed by atoms with E-state index < -0.39 is 0 Å². The van der Waals surface area contributed by atoms with Crippen molar-refractivity contribution in [3.05, 3.63) is 0 Å². The standard InChI is InChI=1S/C5H13NS.ClH/c1-4(2)6-5(3)7;/h4-7H,1-3H3;1H. The van der Waals surface area contributed by atoms with E-state index >= 15 is 0 Å². The number of nitrogens with one attached hydrogen (secondary N) is 1. The Balaban J connectivity index is 0. The number of hydrogen-bond donors (Lipinski definition) is 2. The van der Waals surface area contributed by atoms with Crippen molar-refractivity contribution in [3.8, 4) is 0 Å². The fourth-order valence-electron chi connectivity index (χ4n) is 0.482. The molecule has 0 radical (unpaired) electrons. The zero-order valence-corrected chi connectivity index (χ0v) is 7.22. The van der Waals surface area contributed by atoms with E-state index in [2.05, 4.69) is 31.8 Å². The number of hydrogen-bond acceptors (Lipinski definition) is 2. The first-order chi connectivity index (χ1) is 3.13. The van der Waals surface area contributed by atoms with E-state index in [1.165, 1.54) is 0 Å². The summed E-state index contributed by atoms with van der Waals surface area (Å²) < 4.78 is 0. The van der Waals surface area contributed by atoms with Gasteiger partial charge in [0.25, 0.3) is 0 Å². The Labute approximate surface area is 63.1 Å². The summed E-state index contributed by atoms with van der Waals surface area (Å²) in [6.07, 6.45) is 0. The topological polar surface area (TPSA) is 12.0 Å². The molecule has 3 heteroatoms. The van der Waals surface area contributed by atoms with Crippen LogP contribution in [-0.2, 0) is 0 Å². The van der Waals surface area contributed by atoms with Gasteiger partial charge in [-0.3, -0.25) is 0 Å². The predicted molar refractivity (Wildman–Crippen MR) is 44.0 cm³/mol. The second-order valence-electron chi connectivity index (χ2n) is 2.00. The van der Waals surface area contributed by atoms with Crippen LogP contribution in [-0.4, -0.2) is 11.4 Å². The quantitative estimate of drug-likeness (QED) is 0.457. The van der Waals surface area contributed by atoms with Crippen LogP contribution in [0.15, 0.2) is 0 Å². The Kier molecular flexibility index (Phi) is 8.17. The van der Waals surface area contributed by atoms with Crippen LogP contribution in [0, 0.1) is 0 Å². The minimum Gasteiger partial charge on any atom is -0.304 e. The first kappa shape index (κ1) is 11.4. The molecular formula is C5H14ClNS. The molecule has 0 saturated carbocycles. The molecular weight excluding hydrogens is 142 g/mol. The number of halogens is 1. The molecule has 0 aromatic rings. The van der Waals surface area contributed by atoms with Crippen molar-refractivity contribution in [2.24, 2.45) is 0 Å². The van der Waals surface area contributed by atoms with Gasteiger partial charge in [-0.2, -0.15) is 12.6 Å². The maximum atomic E-state index is 4.13. The lowest BCUT2D eigenvalue weighted by molar-refractivity contribution is 0.589. The van der Waals surface area contributed by atoms with Gasteiger partial charge in [-0.25, -0.2) is 0 Å². The van der Waals surface area contributed by atoms with Crippen LogP contribution in [0.4, 0.5) is 0 Å². The first-order valence-corrected chi connectivity index (χ1v) is 3.08. The van der Waals surface area contributed by atoms with Crippen molar-refractivity contribution in [3.63, 3.8) is 0 Å². The molecule has 0 aliphatic carbocycles. The van der Waals surface area contributed by atoms with E-state index in [-0.39, 0.29) is 12.4 Å². The Bertz CT molecular complexity index is 41.7. The summed E-state index contributed by atoms with van der Waals surface area (Å²) in [6, 6.07) is 0.549. The lowest BCUT2D eigenvalue weighted by atomic mass is 10.4. The van der Waals surface area contributed by atoms with Gasteiger partial charge in [-0.05, 0) is 20.8 Å². The molecule has 0 aliphatic rings. The second-order valence-corrected chi connectivity index (χ2v) is 2.77. The number of thiol groups is 1. The van der Waals surface area contributed by atoms with E-state index in [9.17, 15) is 0 Å². The van der Waals surface area contributed by atoms with E-state index in [1.54, 1.807) is 0 Å². The minimum absolute atomic E-state index is 0. The fraction of sp³-hybridized carbons (Fsp3) is 1.00. The van der Waals surface area contributed by atoms with Crippen LogP contribution >= 0.6 is 25.0 Å². The molecule has 1 nitrogen and oxygen atoms in total. The summed E-state index contributed by atoms with van der Waals surface area (Å²) >= 11 is 4.13. The summed E-state index contributed by atoms with van der Waals surface area (Å²) in [4.78, 5) is 0. The van der Waals surface area contributed by atoms with E-state index in [1.807, 2.05) is 6.92 Å². The van der Waals surface area contributed by atoms with E-state index in [0.29, 0.717) is 11.4 Å². The molecule has 0 rings (SSSR count). The normalized spacial score (nSPS) is 13.1. The molecule has 0 fully saturated rings. The molecule has 0 spiro atoms. The van der Waals surface area contributed by atoms with Gasteiger partial charge in [0.05, 0.1) is 0 Å². The van der Waals surface area contributed by atoms with Gasteiger partial charge in [0.15, 0.2) is 0 Å². The van der Waals surface area contributed by atoms with Crippen LogP contribution in [0.3, 0.4) is 0 Å². The maximum Gasteiger partial charge on any atom is 0.0475 e. The molecule has 0 saturated heterocycles. The highest BCUT2D eigenvalue weighted by atomic mass is 35.5. The van der Waals surface area contributed by atoms with Gasteiger partial charge in [0, 0.05) is 11.4 Å². The zero-order valence-electron chi connectivity index (χ0n) is 5.51. The third kappa shape index (κ3) is 9.78. The van der Waals surface area contributed by atoms with E-state index in [0.717, 1.165) is 0 Å². The molecule has 0 bridgehead atoms. The number of rotatable bonds is 2. The molecule has 8 heavy (non-hydrogen) atoms. The van der Waals surface area contributed by atoms with Crippen molar-refractivity contribution in [1.82, 2.24) is 5.32 Å². The Hall–Kier alpha value is 0.600. The summed E-state index contributed by atoms with van der Waals surface area (Å²) in [7, 11) is 0. The fourth-order valence-corrected chi connectivity index (χ4v) is 0.781. The Morgan fingerprint density at radius 1 is 1.25 bits per heavy atom. The molecule has 1 unspecified atom stereocenters. The summed E-state index contributed by atoms with van der Waals surface area (Å²) in [5, 5.41) is 3.49. The van der Waals surface area contributed by atoms with Crippen LogP contribution in [0.25, 0.3) is 0 Å². The zero-order chi connectivity index (χ0) is 5.86. The SMILES string of the molecule is CC(C)NC(C)S.Cl. The monoisotopic (exact) mass is 155 g/mol. The summed E-state index contributed by atoms with van der Waals surface area (Å²) in [5.74, 6) is 0. The lowest BCUT2D eigenvalue weighted by Crippen LogP contribution is -2.27. The average molecular weight is 156 g/mol. The average Bonchev–Trinajstić information content (AvgIpc) is 1.27. The van der Waals surface area contributed by atoms with Gasteiger partial charge in [-0.15, -0.1) is 12.4 Å². The smallest absolute Gasteiger partial charge is 0.0475 e. The Morgan fingerprint density at radius 2 is 1.62 bits per heavy atom. The highest BCUT2D eigenvalue weighted by Gasteiger charge is 1.93. The molecule has 0 aromatic carbocycles.